The fourth-order valence-electron chi connectivity index (χ4n) is 4.10. The number of sulfone groups is 1. The number of nitrogens with one attached hydrogen (secondary N) is 1. The summed E-state index contributed by atoms with van der Waals surface area (Å²) in [4.78, 5) is 26.9. The molecule has 1 aliphatic carbocycles. The van der Waals surface area contributed by atoms with Crippen LogP contribution in [-0.4, -0.2) is 32.0 Å². The van der Waals surface area contributed by atoms with Gasteiger partial charge in [-0.1, -0.05) is 19.1 Å². The first-order chi connectivity index (χ1) is 14.8. The normalized spacial score (nSPS) is 18.0. The summed E-state index contributed by atoms with van der Waals surface area (Å²) in [6.07, 6.45) is 3.27. The molecule has 164 valence electrons. The van der Waals surface area contributed by atoms with Crippen molar-refractivity contribution in [2.45, 2.75) is 56.9 Å². The Morgan fingerprint density at radius 3 is 2.61 bits per heavy atom. The summed E-state index contributed by atoms with van der Waals surface area (Å²) in [5, 5.41) is 2.78. The van der Waals surface area contributed by atoms with Crippen molar-refractivity contribution < 1.29 is 18.0 Å². The maximum absolute atomic E-state index is 12.8. The van der Waals surface area contributed by atoms with Crippen molar-refractivity contribution in [2.24, 2.45) is 5.92 Å². The summed E-state index contributed by atoms with van der Waals surface area (Å²) in [5.41, 5.74) is 3.47. The van der Waals surface area contributed by atoms with Gasteiger partial charge in [-0.25, -0.2) is 8.42 Å². The number of hydrogen-bond donors (Lipinski definition) is 1. The zero-order valence-electron chi connectivity index (χ0n) is 17.9. The van der Waals surface area contributed by atoms with E-state index < -0.39 is 9.84 Å². The van der Waals surface area contributed by atoms with E-state index in [1.54, 1.807) is 24.3 Å². The fourth-order valence-corrected chi connectivity index (χ4v) is 5.39. The molecule has 0 bridgehead atoms. The van der Waals surface area contributed by atoms with Crippen molar-refractivity contribution in [3.05, 3.63) is 53.6 Å². The molecule has 31 heavy (non-hydrogen) atoms. The molecular weight excluding hydrogens is 412 g/mol. The number of aryl methyl sites for hydroxylation is 1. The van der Waals surface area contributed by atoms with E-state index >= 15 is 0 Å². The van der Waals surface area contributed by atoms with Gasteiger partial charge in [-0.15, -0.1) is 0 Å². The highest BCUT2D eigenvalue weighted by molar-refractivity contribution is 7.91. The second-order valence-electron chi connectivity index (χ2n) is 8.50. The van der Waals surface area contributed by atoms with Crippen molar-refractivity contribution >= 4 is 33.0 Å². The Kier molecular flexibility index (Phi) is 5.88. The topological polar surface area (TPSA) is 83.6 Å². The standard InChI is InChI=1S/C24H28N2O4S/c1-3-17-5-4-6-20(14-17)25-23(27)11-12-31(29,30)21-9-10-22-19(15-21)13-16(2)26(22)24(28)18-7-8-18/h4-6,9-10,14-16,18H,3,7-8,11-13H2,1-2H3,(H,25,27)/t16-/m0/s1. The highest BCUT2D eigenvalue weighted by Gasteiger charge is 2.39. The molecule has 7 heteroatoms. The number of amides is 2. The van der Waals surface area contributed by atoms with Gasteiger partial charge in [0.15, 0.2) is 9.84 Å². The van der Waals surface area contributed by atoms with E-state index in [9.17, 15) is 18.0 Å². The molecule has 1 N–H and O–H groups in total. The molecule has 6 nitrogen and oxygen atoms in total. The van der Waals surface area contributed by atoms with Crippen molar-refractivity contribution in [3.8, 4) is 0 Å². The van der Waals surface area contributed by atoms with Gasteiger partial charge in [-0.2, -0.15) is 0 Å². The van der Waals surface area contributed by atoms with Gasteiger partial charge >= 0.3 is 0 Å². The van der Waals surface area contributed by atoms with Gasteiger partial charge in [0.05, 0.1) is 10.6 Å². The number of carbonyl (C=O) groups is 2. The first-order valence-electron chi connectivity index (χ1n) is 10.9. The van der Waals surface area contributed by atoms with Crippen LogP contribution in [0.25, 0.3) is 0 Å². The second-order valence-corrected chi connectivity index (χ2v) is 10.6. The molecule has 0 spiro atoms. The molecule has 0 saturated heterocycles. The molecular formula is C24H28N2O4S. The Bertz CT molecular complexity index is 1120. The maximum Gasteiger partial charge on any atom is 0.230 e. The molecule has 2 aromatic carbocycles. The molecule has 4 rings (SSSR count). The largest absolute Gasteiger partial charge is 0.326 e. The van der Waals surface area contributed by atoms with Gasteiger partial charge in [0.2, 0.25) is 11.8 Å². The lowest BCUT2D eigenvalue weighted by atomic mass is 10.1. The van der Waals surface area contributed by atoms with Gasteiger partial charge in [0.25, 0.3) is 0 Å². The fraction of sp³-hybridized carbons (Fsp3) is 0.417. The first kappa shape index (κ1) is 21.6. The van der Waals surface area contributed by atoms with E-state index in [0.717, 1.165) is 36.1 Å². The highest BCUT2D eigenvalue weighted by Crippen LogP contribution is 2.39. The van der Waals surface area contributed by atoms with Gasteiger partial charge in [-0.05, 0) is 74.1 Å². The number of rotatable bonds is 7. The molecule has 0 unspecified atom stereocenters. The van der Waals surface area contributed by atoms with Crippen LogP contribution >= 0.6 is 0 Å². The first-order valence-corrected chi connectivity index (χ1v) is 12.5. The number of carbonyl (C=O) groups excluding carboxylic acids is 2. The van der Waals surface area contributed by atoms with Crippen molar-refractivity contribution in [1.82, 2.24) is 0 Å². The molecule has 2 amide bonds. The van der Waals surface area contributed by atoms with Gasteiger partial charge in [-0.3, -0.25) is 9.59 Å². The molecule has 1 aliphatic heterocycles. The average molecular weight is 441 g/mol. The quantitative estimate of drug-likeness (QED) is 0.711. The molecule has 1 fully saturated rings. The van der Waals surface area contributed by atoms with Crippen LogP contribution in [0.5, 0.6) is 0 Å². The van der Waals surface area contributed by atoms with Crippen LogP contribution in [0, 0.1) is 5.92 Å². The second kappa shape index (κ2) is 8.46. The monoisotopic (exact) mass is 440 g/mol. The van der Waals surface area contributed by atoms with E-state index in [2.05, 4.69) is 5.32 Å². The summed E-state index contributed by atoms with van der Waals surface area (Å²) in [6, 6.07) is 12.5. The van der Waals surface area contributed by atoms with Crippen LogP contribution < -0.4 is 10.2 Å². The van der Waals surface area contributed by atoms with E-state index in [1.807, 2.05) is 36.9 Å². The maximum atomic E-state index is 12.8. The van der Waals surface area contributed by atoms with Crippen LogP contribution in [0.2, 0.25) is 0 Å². The molecule has 0 radical (unpaired) electrons. The third kappa shape index (κ3) is 4.66. The third-order valence-corrected chi connectivity index (χ3v) is 7.72. The molecule has 1 saturated carbocycles. The van der Waals surface area contributed by atoms with Crippen LogP contribution in [0.1, 0.15) is 44.2 Å². The minimum Gasteiger partial charge on any atom is -0.326 e. The molecule has 2 aliphatic rings. The number of benzene rings is 2. The van der Waals surface area contributed by atoms with Crippen molar-refractivity contribution in [3.63, 3.8) is 0 Å². The Morgan fingerprint density at radius 2 is 1.90 bits per heavy atom. The lowest BCUT2D eigenvalue weighted by Gasteiger charge is -2.22. The van der Waals surface area contributed by atoms with Gasteiger partial charge < -0.3 is 10.2 Å². The van der Waals surface area contributed by atoms with E-state index in [4.69, 9.17) is 0 Å². The zero-order chi connectivity index (χ0) is 22.2. The zero-order valence-corrected chi connectivity index (χ0v) is 18.7. The van der Waals surface area contributed by atoms with Gasteiger partial charge in [0, 0.05) is 29.8 Å². The molecule has 0 aromatic heterocycles. The summed E-state index contributed by atoms with van der Waals surface area (Å²) in [5.74, 6) is -0.322. The van der Waals surface area contributed by atoms with Crippen LogP contribution in [0.15, 0.2) is 47.4 Å². The lowest BCUT2D eigenvalue weighted by molar-refractivity contribution is -0.120. The predicted molar refractivity (Wildman–Crippen MR) is 121 cm³/mol. The number of fused-ring (bicyclic) bond motifs is 1. The van der Waals surface area contributed by atoms with Crippen LogP contribution in [-0.2, 0) is 32.3 Å². The molecule has 2 aromatic rings. The third-order valence-electron chi connectivity index (χ3n) is 6.01. The van der Waals surface area contributed by atoms with E-state index in [1.165, 1.54) is 0 Å². The number of nitrogens with zero attached hydrogens (tertiary/aromatic N) is 1. The number of hydrogen-bond acceptors (Lipinski definition) is 4. The predicted octanol–water partition coefficient (Wildman–Crippen LogP) is 3.74. The minimum atomic E-state index is -3.61. The minimum absolute atomic E-state index is 0.0331. The number of anilines is 2. The van der Waals surface area contributed by atoms with Crippen molar-refractivity contribution in [1.29, 1.82) is 0 Å². The van der Waals surface area contributed by atoms with Crippen molar-refractivity contribution in [2.75, 3.05) is 16.0 Å². The SMILES string of the molecule is CCc1cccc(NC(=O)CCS(=O)(=O)c2ccc3c(c2)C[C@H](C)N3C(=O)C2CC2)c1. The Morgan fingerprint density at radius 1 is 1.13 bits per heavy atom. The van der Waals surface area contributed by atoms with Crippen LogP contribution in [0.4, 0.5) is 11.4 Å². The highest BCUT2D eigenvalue weighted by atomic mass is 32.2. The summed E-state index contributed by atoms with van der Waals surface area (Å²) < 4.78 is 25.7. The molecule has 1 heterocycles. The van der Waals surface area contributed by atoms with Crippen LogP contribution in [0.3, 0.4) is 0 Å². The van der Waals surface area contributed by atoms with E-state index in [0.29, 0.717) is 12.1 Å². The summed E-state index contributed by atoms with van der Waals surface area (Å²) >= 11 is 0. The average Bonchev–Trinajstić information content (AvgIpc) is 3.54. The molecule has 1 atom stereocenters. The summed E-state index contributed by atoms with van der Waals surface area (Å²) in [7, 11) is -3.61. The Labute approximate surface area is 183 Å². The summed E-state index contributed by atoms with van der Waals surface area (Å²) in [6.45, 7) is 4.03. The van der Waals surface area contributed by atoms with Gasteiger partial charge in [0.1, 0.15) is 0 Å². The Hall–Kier alpha value is -2.67. The Balaban J connectivity index is 1.42. The smallest absolute Gasteiger partial charge is 0.230 e. The van der Waals surface area contributed by atoms with E-state index in [-0.39, 0.29) is 40.8 Å². The lowest BCUT2D eigenvalue weighted by Crippen LogP contribution is -2.36.